The normalized spacial score (nSPS) is 19.7. The lowest BCUT2D eigenvalue weighted by Crippen LogP contribution is -2.40. The van der Waals surface area contributed by atoms with Gasteiger partial charge in [-0.25, -0.2) is 4.39 Å². The Hall–Kier alpha value is -1.58. The molecule has 2 rings (SSSR count). The first-order chi connectivity index (χ1) is 8.66. The summed E-state index contributed by atoms with van der Waals surface area (Å²) in [6.07, 6.45) is 2.02. The highest BCUT2D eigenvalue weighted by Gasteiger charge is 2.22. The molecule has 0 unspecified atom stereocenters. The van der Waals surface area contributed by atoms with E-state index in [1.807, 2.05) is 4.90 Å². The molecule has 4 heteroatoms. The van der Waals surface area contributed by atoms with Crippen LogP contribution in [0.15, 0.2) is 24.3 Å². The Labute approximate surface area is 107 Å². The van der Waals surface area contributed by atoms with Gasteiger partial charge in [0.25, 0.3) is 0 Å². The quantitative estimate of drug-likeness (QED) is 0.826. The minimum absolute atomic E-state index is 0.102. The van der Waals surface area contributed by atoms with Crippen LogP contribution in [0.5, 0.6) is 5.75 Å². The van der Waals surface area contributed by atoms with E-state index < -0.39 is 0 Å². The SMILES string of the molecule is CC(=O)N1CCC[C@@H](COc2ccccc2F)C1. The lowest BCUT2D eigenvalue weighted by molar-refractivity contribution is -0.130. The monoisotopic (exact) mass is 251 g/mol. The number of carbonyl (C=O) groups excluding carboxylic acids is 1. The first-order valence-electron chi connectivity index (χ1n) is 6.29. The number of halogens is 1. The molecule has 0 radical (unpaired) electrons. The van der Waals surface area contributed by atoms with Crippen molar-refractivity contribution in [2.75, 3.05) is 19.7 Å². The van der Waals surface area contributed by atoms with Crippen molar-refractivity contribution >= 4 is 5.91 Å². The molecule has 0 saturated carbocycles. The van der Waals surface area contributed by atoms with Crippen molar-refractivity contribution in [1.29, 1.82) is 0 Å². The molecule has 1 saturated heterocycles. The Kier molecular flexibility index (Phi) is 4.18. The van der Waals surface area contributed by atoms with Crippen molar-refractivity contribution in [2.45, 2.75) is 19.8 Å². The van der Waals surface area contributed by atoms with E-state index in [-0.39, 0.29) is 17.5 Å². The lowest BCUT2D eigenvalue weighted by atomic mass is 9.99. The van der Waals surface area contributed by atoms with Crippen molar-refractivity contribution in [1.82, 2.24) is 4.90 Å². The van der Waals surface area contributed by atoms with E-state index in [0.717, 1.165) is 19.4 Å². The molecule has 3 nitrogen and oxygen atoms in total. The van der Waals surface area contributed by atoms with Gasteiger partial charge in [0.1, 0.15) is 0 Å². The number of ether oxygens (including phenoxy) is 1. The summed E-state index contributed by atoms with van der Waals surface area (Å²) < 4.78 is 18.9. The predicted molar refractivity (Wildman–Crippen MR) is 66.9 cm³/mol. The van der Waals surface area contributed by atoms with Gasteiger partial charge in [0.15, 0.2) is 11.6 Å². The largest absolute Gasteiger partial charge is 0.490 e. The summed E-state index contributed by atoms with van der Waals surface area (Å²) in [7, 11) is 0. The van der Waals surface area contributed by atoms with Crippen LogP contribution in [0.1, 0.15) is 19.8 Å². The fourth-order valence-corrected chi connectivity index (χ4v) is 2.26. The van der Waals surface area contributed by atoms with E-state index in [4.69, 9.17) is 4.74 Å². The second-order valence-electron chi connectivity index (χ2n) is 4.71. The summed E-state index contributed by atoms with van der Waals surface area (Å²) in [5.74, 6) is 0.349. The average molecular weight is 251 g/mol. The summed E-state index contributed by atoms with van der Waals surface area (Å²) in [5.41, 5.74) is 0. The summed E-state index contributed by atoms with van der Waals surface area (Å²) in [6.45, 7) is 3.58. The number of rotatable bonds is 3. The maximum atomic E-state index is 13.4. The fraction of sp³-hybridized carbons (Fsp3) is 0.500. The van der Waals surface area contributed by atoms with Crippen molar-refractivity contribution in [3.8, 4) is 5.75 Å². The molecule has 18 heavy (non-hydrogen) atoms. The highest BCUT2D eigenvalue weighted by molar-refractivity contribution is 5.73. The molecule has 1 aliphatic rings. The van der Waals surface area contributed by atoms with Crippen LogP contribution in [0.4, 0.5) is 4.39 Å². The molecule has 0 aromatic heterocycles. The van der Waals surface area contributed by atoms with Gasteiger partial charge in [-0.1, -0.05) is 12.1 Å². The molecule has 0 N–H and O–H groups in total. The van der Waals surface area contributed by atoms with Crippen molar-refractivity contribution < 1.29 is 13.9 Å². The standard InChI is InChI=1S/C14H18FNO2/c1-11(17)16-8-4-5-12(9-16)10-18-14-7-3-2-6-13(14)15/h2-3,6-7,12H,4-5,8-10H2,1H3/t12-/m1/s1. The van der Waals surface area contributed by atoms with Crippen LogP contribution in [0.3, 0.4) is 0 Å². The number of piperidine rings is 1. The number of likely N-dealkylation sites (tertiary alicyclic amines) is 1. The van der Waals surface area contributed by atoms with Gasteiger partial charge in [0, 0.05) is 25.9 Å². The molecule has 1 aromatic carbocycles. The molecular weight excluding hydrogens is 233 g/mol. The van der Waals surface area contributed by atoms with E-state index in [0.29, 0.717) is 19.1 Å². The minimum Gasteiger partial charge on any atom is -0.490 e. The highest BCUT2D eigenvalue weighted by atomic mass is 19.1. The molecule has 0 aliphatic carbocycles. The Bertz CT molecular complexity index is 422. The first kappa shape index (κ1) is 12.9. The van der Waals surface area contributed by atoms with E-state index in [2.05, 4.69) is 0 Å². The van der Waals surface area contributed by atoms with Crippen LogP contribution < -0.4 is 4.74 Å². The molecule has 1 atom stereocenters. The van der Waals surface area contributed by atoms with E-state index >= 15 is 0 Å². The zero-order valence-electron chi connectivity index (χ0n) is 10.6. The third-order valence-corrected chi connectivity index (χ3v) is 3.28. The van der Waals surface area contributed by atoms with Gasteiger partial charge in [-0.15, -0.1) is 0 Å². The second kappa shape index (κ2) is 5.85. The first-order valence-corrected chi connectivity index (χ1v) is 6.29. The molecule has 98 valence electrons. The van der Waals surface area contributed by atoms with E-state index in [9.17, 15) is 9.18 Å². The van der Waals surface area contributed by atoms with Gasteiger partial charge in [0.2, 0.25) is 5.91 Å². The van der Waals surface area contributed by atoms with Crippen molar-refractivity contribution in [3.63, 3.8) is 0 Å². The molecule has 0 bridgehead atoms. The van der Waals surface area contributed by atoms with Gasteiger partial charge in [-0.2, -0.15) is 0 Å². The molecule has 0 spiro atoms. The van der Waals surface area contributed by atoms with Crippen LogP contribution in [0.25, 0.3) is 0 Å². The minimum atomic E-state index is -0.336. The molecule has 1 aliphatic heterocycles. The molecule has 1 heterocycles. The average Bonchev–Trinajstić information content (AvgIpc) is 2.38. The number of hydrogen-bond acceptors (Lipinski definition) is 2. The zero-order chi connectivity index (χ0) is 13.0. The number of carbonyl (C=O) groups is 1. The molecule has 1 amide bonds. The maximum absolute atomic E-state index is 13.4. The van der Waals surface area contributed by atoms with Gasteiger partial charge >= 0.3 is 0 Å². The molecule has 1 fully saturated rings. The molecular formula is C14H18FNO2. The van der Waals surface area contributed by atoms with Crippen LogP contribution in [-0.4, -0.2) is 30.5 Å². The van der Waals surface area contributed by atoms with Gasteiger partial charge < -0.3 is 9.64 Å². The predicted octanol–water partition coefficient (Wildman–Crippen LogP) is 2.46. The van der Waals surface area contributed by atoms with Crippen LogP contribution in [0, 0.1) is 11.7 Å². The van der Waals surface area contributed by atoms with Gasteiger partial charge in [-0.3, -0.25) is 4.79 Å². The van der Waals surface area contributed by atoms with Crippen LogP contribution >= 0.6 is 0 Å². The number of benzene rings is 1. The Morgan fingerprint density at radius 2 is 2.28 bits per heavy atom. The van der Waals surface area contributed by atoms with Crippen molar-refractivity contribution in [2.24, 2.45) is 5.92 Å². The zero-order valence-corrected chi connectivity index (χ0v) is 10.6. The molecule has 1 aromatic rings. The Morgan fingerprint density at radius 3 is 3.00 bits per heavy atom. The topological polar surface area (TPSA) is 29.5 Å². The summed E-state index contributed by atoms with van der Waals surface area (Å²) in [4.78, 5) is 13.1. The number of para-hydroxylation sites is 1. The van der Waals surface area contributed by atoms with Gasteiger partial charge in [0.05, 0.1) is 6.61 Å². The third kappa shape index (κ3) is 3.22. The maximum Gasteiger partial charge on any atom is 0.219 e. The summed E-state index contributed by atoms with van der Waals surface area (Å²) in [6, 6.07) is 6.40. The fourth-order valence-electron chi connectivity index (χ4n) is 2.26. The van der Waals surface area contributed by atoms with Crippen LogP contribution in [0.2, 0.25) is 0 Å². The number of nitrogens with zero attached hydrogens (tertiary/aromatic N) is 1. The van der Waals surface area contributed by atoms with E-state index in [1.54, 1.807) is 25.1 Å². The number of hydrogen-bond donors (Lipinski definition) is 0. The van der Waals surface area contributed by atoms with E-state index in [1.165, 1.54) is 6.07 Å². The third-order valence-electron chi connectivity index (χ3n) is 3.28. The second-order valence-corrected chi connectivity index (χ2v) is 4.71. The Morgan fingerprint density at radius 1 is 1.50 bits per heavy atom. The summed E-state index contributed by atoms with van der Waals surface area (Å²) >= 11 is 0. The van der Waals surface area contributed by atoms with Crippen molar-refractivity contribution in [3.05, 3.63) is 30.1 Å². The van der Waals surface area contributed by atoms with Crippen LogP contribution in [-0.2, 0) is 4.79 Å². The van der Waals surface area contributed by atoms with Gasteiger partial charge in [-0.05, 0) is 25.0 Å². The number of amides is 1. The Balaban J connectivity index is 1.87. The smallest absolute Gasteiger partial charge is 0.219 e. The lowest BCUT2D eigenvalue weighted by Gasteiger charge is -2.31. The highest BCUT2D eigenvalue weighted by Crippen LogP contribution is 2.20. The summed E-state index contributed by atoms with van der Waals surface area (Å²) in [5, 5.41) is 0.